The minimum atomic E-state index is 0.295. The first-order valence-corrected chi connectivity index (χ1v) is 6.73. The van der Waals surface area contributed by atoms with E-state index in [1.165, 1.54) is 0 Å². The van der Waals surface area contributed by atoms with Crippen LogP contribution in [0, 0.1) is 6.92 Å². The summed E-state index contributed by atoms with van der Waals surface area (Å²) in [6.07, 6.45) is 1.74. The molecule has 3 aromatic rings. The number of ether oxygens (including phenoxy) is 2. The third-order valence-corrected chi connectivity index (χ3v) is 3.40. The lowest BCUT2D eigenvalue weighted by Crippen LogP contribution is -2.06. The second-order valence-corrected chi connectivity index (χ2v) is 4.93. The Morgan fingerprint density at radius 1 is 1.19 bits per heavy atom. The molecule has 0 atom stereocenters. The summed E-state index contributed by atoms with van der Waals surface area (Å²) in [6.45, 7) is 2.94. The number of nitrogens with zero attached hydrogens (tertiary/aromatic N) is 3. The number of fused-ring (bicyclic) bond motifs is 2. The van der Waals surface area contributed by atoms with E-state index < -0.39 is 0 Å². The molecular weight excluding hydrogens is 268 g/mol. The molecule has 2 aromatic heterocycles. The molecule has 1 aromatic carbocycles. The Bertz CT molecular complexity index is 813. The average molecular weight is 282 g/mol. The Balaban J connectivity index is 1.59. The summed E-state index contributed by atoms with van der Waals surface area (Å²) in [5, 5.41) is 7.66. The number of aryl methyl sites for hydroxylation is 1. The topological polar surface area (TPSA) is 60.7 Å². The van der Waals surface area contributed by atoms with Crippen LogP contribution in [0.25, 0.3) is 5.65 Å². The molecule has 6 nitrogen and oxygen atoms in total. The number of anilines is 1. The van der Waals surface area contributed by atoms with Crippen LogP contribution in [0.1, 0.15) is 11.3 Å². The van der Waals surface area contributed by atoms with E-state index in [0.29, 0.717) is 13.3 Å². The molecule has 106 valence electrons. The molecule has 4 rings (SSSR count). The summed E-state index contributed by atoms with van der Waals surface area (Å²) in [5.74, 6) is 2.51. The van der Waals surface area contributed by atoms with E-state index in [9.17, 15) is 0 Å². The molecule has 0 unspecified atom stereocenters. The predicted molar refractivity (Wildman–Crippen MR) is 77.6 cm³/mol. The molecule has 0 bridgehead atoms. The van der Waals surface area contributed by atoms with Gasteiger partial charge < -0.3 is 14.8 Å². The number of aromatic nitrogens is 3. The number of hydrogen-bond acceptors (Lipinski definition) is 5. The van der Waals surface area contributed by atoms with E-state index in [-0.39, 0.29) is 0 Å². The third-order valence-electron chi connectivity index (χ3n) is 3.40. The lowest BCUT2D eigenvalue weighted by molar-refractivity contribution is 0.174. The van der Waals surface area contributed by atoms with Crippen molar-refractivity contribution in [3.63, 3.8) is 0 Å². The molecule has 1 aliphatic rings. The van der Waals surface area contributed by atoms with Gasteiger partial charge in [0.15, 0.2) is 17.1 Å². The average Bonchev–Trinajstić information content (AvgIpc) is 3.12. The van der Waals surface area contributed by atoms with Crippen LogP contribution in [0.4, 0.5) is 5.82 Å². The molecule has 1 aliphatic heterocycles. The van der Waals surface area contributed by atoms with Crippen LogP contribution < -0.4 is 14.8 Å². The van der Waals surface area contributed by atoms with Gasteiger partial charge in [0.2, 0.25) is 6.79 Å². The van der Waals surface area contributed by atoms with Crippen LogP contribution in [0.15, 0.2) is 36.5 Å². The molecule has 0 amide bonds. The largest absolute Gasteiger partial charge is 0.454 e. The van der Waals surface area contributed by atoms with E-state index >= 15 is 0 Å². The van der Waals surface area contributed by atoms with Gasteiger partial charge in [0, 0.05) is 24.4 Å². The highest BCUT2D eigenvalue weighted by atomic mass is 16.7. The van der Waals surface area contributed by atoms with Crippen molar-refractivity contribution in [2.24, 2.45) is 0 Å². The molecule has 0 radical (unpaired) electrons. The molecule has 3 heterocycles. The van der Waals surface area contributed by atoms with Crippen molar-refractivity contribution in [3.8, 4) is 11.5 Å². The lowest BCUT2D eigenvalue weighted by Gasteiger charge is -2.09. The second-order valence-electron chi connectivity index (χ2n) is 4.93. The Morgan fingerprint density at radius 3 is 3.05 bits per heavy atom. The summed E-state index contributed by atoms with van der Waals surface area (Å²) in [5.41, 5.74) is 2.91. The van der Waals surface area contributed by atoms with E-state index in [1.807, 2.05) is 37.3 Å². The zero-order chi connectivity index (χ0) is 14.2. The Labute approximate surface area is 121 Å². The molecule has 0 spiro atoms. The molecule has 6 heteroatoms. The van der Waals surface area contributed by atoms with Gasteiger partial charge in [-0.2, -0.15) is 9.61 Å². The first-order valence-electron chi connectivity index (χ1n) is 6.73. The van der Waals surface area contributed by atoms with Crippen molar-refractivity contribution in [2.75, 3.05) is 12.1 Å². The monoisotopic (exact) mass is 282 g/mol. The maximum atomic E-state index is 5.39. The smallest absolute Gasteiger partial charge is 0.231 e. The second kappa shape index (κ2) is 4.66. The lowest BCUT2D eigenvalue weighted by atomic mass is 10.2. The van der Waals surface area contributed by atoms with Gasteiger partial charge in [-0.3, -0.25) is 0 Å². The van der Waals surface area contributed by atoms with E-state index in [0.717, 1.165) is 34.2 Å². The van der Waals surface area contributed by atoms with Crippen molar-refractivity contribution >= 4 is 11.5 Å². The number of hydrogen-bond donors (Lipinski definition) is 1. The Kier molecular flexibility index (Phi) is 2.67. The minimum absolute atomic E-state index is 0.295. The standard InChI is InChI=1S/C15H14N4O2/c1-10-6-15(19-14(18-10)4-5-17-19)16-8-11-2-3-12-13(7-11)21-9-20-12/h2-7,16H,8-9H2,1H3. The summed E-state index contributed by atoms with van der Waals surface area (Å²) >= 11 is 0. The van der Waals surface area contributed by atoms with Crippen LogP contribution in [-0.2, 0) is 6.54 Å². The molecule has 21 heavy (non-hydrogen) atoms. The van der Waals surface area contributed by atoms with Gasteiger partial charge in [-0.15, -0.1) is 0 Å². The summed E-state index contributed by atoms with van der Waals surface area (Å²) in [6, 6.07) is 9.81. The quantitative estimate of drug-likeness (QED) is 0.799. The Hall–Kier alpha value is -2.76. The van der Waals surface area contributed by atoms with Gasteiger partial charge in [0.05, 0.1) is 6.20 Å². The van der Waals surface area contributed by atoms with E-state index in [1.54, 1.807) is 10.7 Å². The fraction of sp³-hybridized carbons (Fsp3) is 0.200. The molecule has 1 N–H and O–H groups in total. The van der Waals surface area contributed by atoms with Crippen molar-refractivity contribution in [1.82, 2.24) is 14.6 Å². The zero-order valence-electron chi connectivity index (χ0n) is 11.5. The highest BCUT2D eigenvalue weighted by Gasteiger charge is 2.13. The normalized spacial score (nSPS) is 12.8. The summed E-state index contributed by atoms with van der Waals surface area (Å²) in [7, 11) is 0. The predicted octanol–water partition coefficient (Wildman–Crippen LogP) is 2.38. The fourth-order valence-electron chi connectivity index (χ4n) is 2.41. The van der Waals surface area contributed by atoms with Gasteiger partial charge >= 0.3 is 0 Å². The van der Waals surface area contributed by atoms with Crippen LogP contribution in [0.2, 0.25) is 0 Å². The number of rotatable bonds is 3. The highest BCUT2D eigenvalue weighted by Crippen LogP contribution is 2.32. The van der Waals surface area contributed by atoms with Crippen molar-refractivity contribution in [3.05, 3.63) is 47.8 Å². The first kappa shape index (κ1) is 12.0. The maximum absolute atomic E-state index is 5.39. The summed E-state index contributed by atoms with van der Waals surface area (Å²) < 4.78 is 12.5. The van der Waals surface area contributed by atoms with E-state index in [2.05, 4.69) is 15.4 Å². The molecule has 0 saturated heterocycles. The van der Waals surface area contributed by atoms with Crippen LogP contribution in [0.5, 0.6) is 11.5 Å². The van der Waals surface area contributed by atoms with Gasteiger partial charge in [0.25, 0.3) is 0 Å². The minimum Gasteiger partial charge on any atom is -0.454 e. The van der Waals surface area contributed by atoms with Gasteiger partial charge in [0.1, 0.15) is 5.82 Å². The third kappa shape index (κ3) is 2.14. The van der Waals surface area contributed by atoms with Crippen LogP contribution in [0.3, 0.4) is 0 Å². The fourth-order valence-corrected chi connectivity index (χ4v) is 2.41. The Morgan fingerprint density at radius 2 is 2.10 bits per heavy atom. The van der Waals surface area contributed by atoms with Crippen LogP contribution >= 0.6 is 0 Å². The SMILES string of the molecule is Cc1cc(NCc2ccc3c(c2)OCO3)n2nccc2n1. The molecule has 0 saturated carbocycles. The van der Waals surface area contributed by atoms with Gasteiger partial charge in [-0.1, -0.05) is 6.07 Å². The van der Waals surface area contributed by atoms with Crippen molar-refractivity contribution in [1.29, 1.82) is 0 Å². The van der Waals surface area contributed by atoms with Crippen molar-refractivity contribution in [2.45, 2.75) is 13.5 Å². The molecule has 0 aliphatic carbocycles. The van der Waals surface area contributed by atoms with Gasteiger partial charge in [-0.25, -0.2) is 4.98 Å². The molecular formula is C15H14N4O2. The van der Waals surface area contributed by atoms with Gasteiger partial charge in [-0.05, 0) is 24.6 Å². The maximum Gasteiger partial charge on any atom is 0.231 e. The summed E-state index contributed by atoms with van der Waals surface area (Å²) in [4.78, 5) is 4.42. The van der Waals surface area contributed by atoms with E-state index in [4.69, 9.17) is 9.47 Å². The number of benzene rings is 1. The highest BCUT2D eigenvalue weighted by molar-refractivity contribution is 5.50. The van der Waals surface area contributed by atoms with Crippen molar-refractivity contribution < 1.29 is 9.47 Å². The first-order chi connectivity index (χ1) is 10.3. The number of nitrogens with one attached hydrogen (secondary N) is 1. The molecule has 0 fully saturated rings. The van der Waals surface area contributed by atoms with Crippen LogP contribution in [-0.4, -0.2) is 21.4 Å². The zero-order valence-corrected chi connectivity index (χ0v) is 11.5.